The first kappa shape index (κ1) is 20.8. The maximum atomic E-state index is 14.5. The highest BCUT2D eigenvalue weighted by Crippen LogP contribution is 2.31. The molecule has 0 saturated heterocycles. The molecular weight excluding hydrogens is 425 g/mol. The molecule has 0 radical (unpaired) electrons. The Hall–Kier alpha value is -4.08. The van der Waals surface area contributed by atoms with Crippen molar-refractivity contribution >= 4 is 17.5 Å². The fourth-order valence-corrected chi connectivity index (χ4v) is 4.01. The summed E-state index contributed by atoms with van der Waals surface area (Å²) in [6.45, 7) is 2.64. The molecule has 1 aliphatic rings. The van der Waals surface area contributed by atoms with Gasteiger partial charge in [0, 0.05) is 61.2 Å². The van der Waals surface area contributed by atoms with Gasteiger partial charge in [0.15, 0.2) is 5.65 Å². The monoisotopic (exact) mass is 447 g/mol. The number of halogens is 1. The summed E-state index contributed by atoms with van der Waals surface area (Å²) in [5, 5.41) is 11.5. The quantitative estimate of drug-likeness (QED) is 0.502. The Labute approximate surface area is 189 Å². The van der Waals surface area contributed by atoms with Crippen LogP contribution in [-0.2, 0) is 13.0 Å². The van der Waals surface area contributed by atoms with Crippen LogP contribution >= 0.6 is 0 Å². The fraction of sp³-hybridized carbons (Fsp3) is 0.261. The zero-order valence-corrected chi connectivity index (χ0v) is 18.5. The molecule has 168 valence electrons. The lowest BCUT2D eigenvalue weighted by Gasteiger charge is -2.14. The van der Waals surface area contributed by atoms with Crippen molar-refractivity contribution in [3.05, 3.63) is 65.1 Å². The van der Waals surface area contributed by atoms with Crippen LogP contribution in [0.4, 0.5) is 10.3 Å². The van der Waals surface area contributed by atoms with Crippen LogP contribution in [0, 0.1) is 12.7 Å². The molecule has 33 heavy (non-hydrogen) atoms. The summed E-state index contributed by atoms with van der Waals surface area (Å²) >= 11 is 0. The third kappa shape index (κ3) is 3.63. The van der Waals surface area contributed by atoms with Crippen LogP contribution in [0.1, 0.15) is 27.3 Å². The lowest BCUT2D eigenvalue weighted by Crippen LogP contribution is -2.23. The van der Waals surface area contributed by atoms with Crippen molar-refractivity contribution in [3.63, 3.8) is 0 Å². The van der Waals surface area contributed by atoms with Crippen LogP contribution in [-0.4, -0.2) is 56.1 Å². The highest BCUT2D eigenvalue weighted by Gasteiger charge is 2.20. The number of rotatable bonds is 5. The number of aromatic nitrogens is 5. The van der Waals surface area contributed by atoms with Crippen molar-refractivity contribution in [2.45, 2.75) is 19.9 Å². The van der Waals surface area contributed by atoms with Gasteiger partial charge >= 0.3 is 0 Å². The number of fused-ring (bicyclic) bond motifs is 2. The second-order valence-electron chi connectivity index (χ2n) is 8.00. The smallest absolute Gasteiger partial charge is 0.271 e. The normalized spacial score (nSPS) is 12.5. The molecule has 4 heterocycles. The van der Waals surface area contributed by atoms with Gasteiger partial charge in [-0.15, -0.1) is 10.2 Å². The Bertz CT molecular complexity index is 1380. The van der Waals surface area contributed by atoms with Gasteiger partial charge < -0.3 is 15.0 Å². The average molecular weight is 447 g/mol. The maximum absolute atomic E-state index is 14.5. The zero-order valence-electron chi connectivity index (χ0n) is 18.5. The summed E-state index contributed by atoms with van der Waals surface area (Å²) in [5.41, 5.74) is 4.60. The number of benzene rings is 1. The number of hydrogen-bond donors (Lipinski definition) is 1. The largest absolute Gasteiger partial charge is 0.493 e. The molecule has 9 nitrogen and oxygen atoms in total. The summed E-state index contributed by atoms with van der Waals surface area (Å²) in [7, 11) is 3.37. The molecule has 4 aromatic rings. The van der Waals surface area contributed by atoms with E-state index in [9.17, 15) is 9.18 Å². The Morgan fingerprint density at radius 2 is 2.09 bits per heavy atom. The van der Waals surface area contributed by atoms with Crippen molar-refractivity contribution in [2.24, 2.45) is 0 Å². The minimum atomic E-state index is -0.280. The van der Waals surface area contributed by atoms with Gasteiger partial charge in [-0.3, -0.25) is 9.20 Å². The third-order valence-corrected chi connectivity index (χ3v) is 5.70. The summed E-state index contributed by atoms with van der Waals surface area (Å²) in [5.74, 6) is 0.766. The number of anilines is 1. The maximum Gasteiger partial charge on any atom is 0.271 e. The number of carbonyl (C=O) groups excluding carboxylic acids is 1. The number of nitrogens with zero attached hydrogens (tertiary/aromatic N) is 6. The molecule has 0 spiro atoms. The Balaban J connectivity index is 1.47. The fourth-order valence-electron chi connectivity index (χ4n) is 4.01. The van der Waals surface area contributed by atoms with E-state index < -0.39 is 0 Å². The SMILES string of the molecule is Cc1nc(C(=O)N(C)C)ccc1-c1cnc(NCc2c(F)ccc3c2CCO3)n2cnnc12. The molecule has 5 rings (SSSR count). The molecule has 0 bridgehead atoms. The molecule has 0 saturated carbocycles. The van der Waals surface area contributed by atoms with Crippen molar-refractivity contribution in [1.29, 1.82) is 0 Å². The van der Waals surface area contributed by atoms with Gasteiger partial charge in [-0.2, -0.15) is 0 Å². The number of carbonyl (C=O) groups is 1. The van der Waals surface area contributed by atoms with E-state index in [1.807, 2.05) is 13.0 Å². The molecule has 1 amide bonds. The second kappa shape index (κ2) is 8.12. The van der Waals surface area contributed by atoms with Crippen LogP contribution in [0.3, 0.4) is 0 Å². The molecule has 1 aromatic carbocycles. The van der Waals surface area contributed by atoms with E-state index in [2.05, 4.69) is 25.5 Å². The van der Waals surface area contributed by atoms with Crippen LogP contribution in [0.25, 0.3) is 16.8 Å². The Morgan fingerprint density at radius 1 is 1.24 bits per heavy atom. The van der Waals surface area contributed by atoms with Crippen molar-refractivity contribution in [2.75, 3.05) is 26.0 Å². The van der Waals surface area contributed by atoms with Crippen LogP contribution in [0.5, 0.6) is 5.75 Å². The van der Waals surface area contributed by atoms with Crippen LogP contribution < -0.4 is 10.1 Å². The minimum absolute atomic E-state index is 0.167. The predicted octanol–water partition coefficient (Wildman–Crippen LogP) is 2.88. The van der Waals surface area contributed by atoms with Gasteiger partial charge in [-0.1, -0.05) is 6.07 Å². The molecular formula is C23H22FN7O2. The van der Waals surface area contributed by atoms with Gasteiger partial charge in [-0.25, -0.2) is 14.4 Å². The summed E-state index contributed by atoms with van der Waals surface area (Å²) in [6, 6.07) is 6.61. The average Bonchev–Trinajstić information content (AvgIpc) is 3.48. The van der Waals surface area contributed by atoms with Gasteiger partial charge in [-0.05, 0) is 25.1 Å². The van der Waals surface area contributed by atoms with E-state index in [1.54, 1.807) is 43.2 Å². The molecule has 3 aromatic heterocycles. The van der Waals surface area contributed by atoms with E-state index in [-0.39, 0.29) is 18.3 Å². The molecule has 10 heteroatoms. The van der Waals surface area contributed by atoms with E-state index in [0.717, 1.165) is 22.4 Å². The Kier molecular flexibility index (Phi) is 5.12. The minimum Gasteiger partial charge on any atom is -0.493 e. The van der Waals surface area contributed by atoms with Crippen LogP contribution in [0.2, 0.25) is 0 Å². The van der Waals surface area contributed by atoms with E-state index in [4.69, 9.17) is 4.74 Å². The summed E-state index contributed by atoms with van der Waals surface area (Å²) < 4.78 is 21.8. The summed E-state index contributed by atoms with van der Waals surface area (Å²) in [6.07, 6.45) is 3.91. The standard InChI is InChI=1S/C23H22FN7O2/c1-13-14(4-6-19(28-13)22(32)30(2)3)17-11-26-23(31-12-27-29-21(17)31)25-10-16-15-8-9-33-20(15)7-5-18(16)24/h4-7,11-12H,8-10H2,1-3H3,(H,25,26). The lowest BCUT2D eigenvalue weighted by atomic mass is 10.0. The van der Waals surface area contributed by atoms with Crippen LogP contribution in [0.15, 0.2) is 36.8 Å². The zero-order chi connectivity index (χ0) is 23.1. The van der Waals surface area contributed by atoms with E-state index >= 15 is 0 Å². The van der Waals surface area contributed by atoms with Gasteiger partial charge in [0.25, 0.3) is 5.91 Å². The number of pyridine rings is 1. The van der Waals surface area contributed by atoms with Crippen molar-refractivity contribution in [3.8, 4) is 16.9 Å². The Morgan fingerprint density at radius 3 is 2.88 bits per heavy atom. The van der Waals surface area contributed by atoms with Gasteiger partial charge in [0.05, 0.1) is 6.61 Å². The molecule has 1 aliphatic heterocycles. The highest BCUT2D eigenvalue weighted by molar-refractivity contribution is 5.92. The number of hydrogen-bond acceptors (Lipinski definition) is 7. The van der Waals surface area contributed by atoms with E-state index in [1.165, 1.54) is 11.0 Å². The third-order valence-electron chi connectivity index (χ3n) is 5.70. The van der Waals surface area contributed by atoms with Crippen molar-refractivity contribution < 1.29 is 13.9 Å². The second-order valence-corrected chi connectivity index (χ2v) is 8.00. The molecule has 0 unspecified atom stereocenters. The number of ether oxygens (including phenoxy) is 1. The lowest BCUT2D eigenvalue weighted by molar-refractivity contribution is 0.0822. The molecule has 0 fully saturated rings. The summed E-state index contributed by atoms with van der Waals surface area (Å²) in [4.78, 5) is 22.7. The first-order chi connectivity index (χ1) is 15.9. The number of amides is 1. The van der Waals surface area contributed by atoms with Gasteiger partial charge in [0.2, 0.25) is 5.95 Å². The van der Waals surface area contributed by atoms with E-state index in [0.29, 0.717) is 41.6 Å². The van der Waals surface area contributed by atoms with Gasteiger partial charge in [0.1, 0.15) is 23.6 Å². The topological polar surface area (TPSA) is 97.5 Å². The highest BCUT2D eigenvalue weighted by atomic mass is 19.1. The van der Waals surface area contributed by atoms with Crippen molar-refractivity contribution in [1.82, 2.24) is 29.5 Å². The molecule has 0 aliphatic carbocycles. The first-order valence-electron chi connectivity index (χ1n) is 10.5. The molecule has 0 atom stereocenters. The number of nitrogens with one attached hydrogen (secondary N) is 1. The number of aryl methyl sites for hydroxylation is 1. The molecule has 1 N–H and O–H groups in total. The predicted molar refractivity (Wildman–Crippen MR) is 120 cm³/mol. The first-order valence-corrected chi connectivity index (χ1v) is 10.5.